The van der Waals surface area contributed by atoms with Crippen LogP contribution in [0.15, 0.2) is 4.99 Å². The summed E-state index contributed by atoms with van der Waals surface area (Å²) >= 11 is 0. The minimum absolute atomic E-state index is 0.144. The molecule has 0 aliphatic carbocycles. The Morgan fingerprint density at radius 2 is 1.39 bits per heavy atom. The Morgan fingerprint density at radius 3 is 1.91 bits per heavy atom. The lowest BCUT2D eigenvalue weighted by atomic mass is 10.2. The summed E-state index contributed by atoms with van der Waals surface area (Å²) in [5.41, 5.74) is 0. The molecule has 112 valence electrons. The molecule has 0 saturated carbocycles. The Labute approximate surface area is 139 Å². The van der Waals surface area contributed by atoms with Crippen LogP contribution in [0.3, 0.4) is 0 Å². The molecule has 0 spiro atoms. The molecule has 0 radical (unpaired) electrons. The fraction of sp³-hybridized carbons (Fsp3) is 0.350. The van der Waals surface area contributed by atoms with E-state index in [1.165, 1.54) is 0 Å². The van der Waals surface area contributed by atoms with Crippen LogP contribution < -0.4 is 0 Å². The molecule has 1 aliphatic heterocycles. The summed E-state index contributed by atoms with van der Waals surface area (Å²) in [6.45, 7) is 4.70. The highest BCUT2D eigenvalue weighted by Crippen LogP contribution is 2.04. The second-order valence-electron chi connectivity index (χ2n) is 4.80. The van der Waals surface area contributed by atoms with E-state index in [1.807, 2.05) is 21.0 Å². The van der Waals surface area contributed by atoms with Gasteiger partial charge in [-0.25, -0.2) is 0 Å². The average Bonchev–Trinajstić information content (AvgIpc) is 2.86. The van der Waals surface area contributed by atoms with E-state index in [0.717, 1.165) is 19.0 Å². The van der Waals surface area contributed by atoms with E-state index >= 15 is 0 Å². The summed E-state index contributed by atoms with van der Waals surface area (Å²) in [6.07, 6.45) is 4.94. The lowest BCUT2D eigenvalue weighted by Crippen LogP contribution is -2.28. The second kappa shape index (κ2) is 10.4. The number of rotatable bonds is 2. The highest BCUT2D eigenvalue weighted by molar-refractivity contribution is 5.81. The topological polar surface area (TPSA) is 18.8 Å². The molecule has 1 rings (SSSR count). The molecule has 0 aromatic heterocycles. The van der Waals surface area contributed by atoms with Crippen molar-refractivity contribution in [2.24, 2.45) is 10.9 Å². The van der Waals surface area contributed by atoms with Gasteiger partial charge in [-0.15, -0.1) is 6.42 Å². The first kappa shape index (κ1) is 17.7. The van der Waals surface area contributed by atoms with Gasteiger partial charge in [-0.3, -0.25) is 4.99 Å². The van der Waals surface area contributed by atoms with Crippen molar-refractivity contribution in [2.75, 3.05) is 33.7 Å². The van der Waals surface area contributed by atoms with Crippen LogP contribution >= 0.6 is 0 Å². The minimum atomic E-state index is 0.144. The van der Waals surface area contributed by atoms with Gasteiger partial charge < -0.3 is 9.80 Å². The van der Waals surface area contributed by atoms with Crippen molar-refractivity contribution < 1.29 is 0 Å². The zero-order valence-electron chi connectivity index (χ0n) is 13.6. The van der Waals surface area contributed by atoms with Crippen LogP contribution in [0.1, 0.15) is 6.92 Å². The molecular formula is C20H17N3. The zero-order valence-corrected chi connectivity index (χ0v) is 13.6. The first-order chi connectivity index (χ1) is 11.1. The summed E-state index contributed by atoms with van der Waals surface area (Å²) in [6, 6.07) is 0. The van der Waals surface area contributed by atoms with Crippen LogP contribution in [0.4, 0.5) is 0 Å². The van der Waals surface area contributed by atoms with E-state index in [2.05, 4.69) is 79.9 Å². The average molecular weight is 299 g/mol. The molecule has 3 heteroatoms. The molecular weight excluding hydrogens is 282 g/mol. The summed E-state index contributed by atoms with van der Waals surface area (Å²) < 4.78 is 0. The summed E-state index contributed by atoms with van der Waals surface area (Å²) in [5.74, 6) is 29.4. The number of likely N-dealkylation sites (N-methyl/N-ethyl adjacent to an activating group) is 2. The molecule has 3 nitrogen and oxygen atoms in total. The molecule has 23 heavy (non-hydrogen) atoms. The first-order valence-corrected chi connectivity index (χ1v) is 7.08. The summed E-state index contributed by atoms with van der Waals surface area (Å²) in [7, 11) is 4.09. The molecule has 0 amide bonds. The van der Waals surface area contributed by atoms with Crippen molar-refractivity contribution in [3.63, 3.8) is 0 Å². The number of guanidine groups is 1. The molecule has 1 heterocycles. The highest BCUT2D eigenvalue weighted by Gasteiger charge is 2.19. The molecule has 1 fully saturated rings. The van der Waals surface area contributed by atoms with Gasteiger partial charge in [-0.1, -0.05) is 5.92 Å². The maximum absolute atomic E-state index is 4.94. The van der Waals surface area contributed by atoms with Gasteiger partial charge in [0.25, 0.3) is 0 Å². The van der Waals surface area contributed by atoms with Gasteiger partial charge in [0.2, 0.25) is 0 Å². The van der Waals surface area contributed by atoms with Crippen molar-refractivity contribution >= 4 is 5.96 Å². The Bertz CT molecular complexity index is 787. The van der Waals surface area contributed by atoms with Crippen LogP contribution in [-0.4, -0.2) is 49.5 Å². The monoisotopic (exact) mass is 299 g/mol. The lowest BCUT2D eigenvalue weighted by Gasteiger charge is -2.16. The summed E-state index contributed by atoms with van der Waals surface area (Å²) in [4.78, 5) is 8.88. The number of terminal acetylenes is 1. The molecule has 0 bridgehead atoms. The van der Waals surface area contributed by atoms with Gasteiger partial charge in [0.05, 0.1) is 6.54 Å². The largest absolute Gasteiger partial charge is 0.344 e. The third-order valence-electron chi connectivity index (χ3n) is 2.85. The number of hydrogen-bond donors (Lipinski definition) is 0. The van der Waals surface area contributed by atoms with E-state index < -0.39 is 0 Å². The predicted molar refractivity (Wildman–Crippen MR) is 94.4 cm³/mol. The molecule has 0 aromatic rings. The molecule has 0 N–H and O–H groups in total. The first-order valence-electron chi connectivity index (χ1n) is 7.08. The van der Waals surface area contributed by atoms with Crippen molar-refractivity contribution in [3.05, 3.63) is 0 Å². The van der Waals surface area contributed by atoms with Crippen LogP contribution in [-0.2, 0) is 0 Å². The SMILES string of the molecule is C#CC#CC#CC#CC#CC#CC(C)CN=C1N(C)CCN1C. The van der Waals surface area contributed by atoms with Crippen LogP contribution in [0, 0.1) is 77.5 Å². The van der Waals surface area contributed by atoms with E-state index in [1.54, 1.807) is 0 Å². The zero-order chi connectivity index (χ0) is 16.9. The normalized spacial score (nSPS) is 12.3. The van der Waals surface area contributed by atoms with Gasteiger partial charge >= 0.3 is 0 Å². The van der Waals surface area contributed by atoms with Crippen LogP contribution in [0.5, 0.6) is 0 Å². The predicted octanol–water partition coefficient (Wildman–Crippen LogP) is 0.506. The van der Waals surface area contributed by atoms with E-state index in [4.69, 9.17) is 6.42 Å². The van der Waals surface area contributed by atoms with Gasteiger partial charge in [0.1, 0.15) is 0 Å². The second-order valence-corrected chi connectivity index (χ2v) is 4.80. The van der Waals surface area contributed by atoms with Crippen molar-refractivity contribution in [1.82, 2.24) is 9.80 Å². The quantitative estimate of drug-likeness (QED) is 0.692. The van der Waals surface area contributed by atoms with Gasteiger partial charge in [0.15, 0.2) is 5.96 Å². The maximum Gasteiger partial charge on any atom is 0.196 e. The summed E-state index contributed by atoms with van der Waals surface area (Å²) in [5, 5.41) is 0. The third-order valence-corrected chi connectivity index (χ3v) is 2.85. The fourth-order valence-corrected chi connectivity index (χ4v) is 1.71. The van der Waals surface area contributed by atoms with Crippen LogP contribution in [0.25, 0.3) is 0 Å². The molecule has 1 unspecified atom stereocenters. The minimum Gasteiger partial charge on any atom is -0.344 e. The molecule has 1 saturated heterocycles. The van der Waals surface area contributed by atoms with Crippen LogP contribution in [0.2, 0.25) is 0 Å². The van der Waals surface area contributed by atoms with E-state index in [0.29, 0.717) is 6.54 Å². The Balaban J connectivity index is 2.47. The standard InChI is InChI=1S/C20H17N3/c1-5-6-7-8-9-10-11-12-13-14-15-19(2)18-21-20-22(3)16-17-23(20)4/h1,19H,16-18H2,2-4H3. The van der Waals surface area contributed by atoms with Crippen molar-refractivity contribution in [1.29, 1.82) is 0 Å². The van der Waals surface area contributed by atoms with Gasteiger partial charge in [-0.05, 0) is 66.1 Å². The smallest absolute Gasteiger partial charge is 0.196 e. The Kier molecular flexibility index (Phi) is 7.97. The lowest BCUT2D eigenvalue weighted by molar-refractivity contribution is 0.553. The number of nitrogens with zero attached hydrogens (tertiary/aromatic N) is 3. The number of aliphatic imine (C=N–C) groups is 1. The molecule has 1 aliphatic rings. The third kappa shape index (κ3) is 7.27. The van der Waals surface area contributed by atoms with Crippen molar-refractivity contribution in [3.8, 4) is 71.5 Å². The van der Waals surface area contributed by atoms with E-state index in [-0.39, 0.29) is 5.92 Å². The Hall–Kier alpha value is -3.37. The number of hydrogen-bond acceptors (Lipinski definition) is 1. The van der Waals surface area contributed by atoms with Gasteiger partial charge in [0, 0.05) is 33.1 Å². The Morgan fingerprint density at radius 1 is 0.913 bits per heavy atom. The van der Waals surface area contributed by atoms with Crippen molar-refractivity contribution in [2.45, 2.75) is 6.92 Å². The molecule has 0 aromatic carbocycles. The fourth-order valence-electron chi connectivity index (χ4n) is 1.71. The van der Waals surface area contributed by atoms with Gasteiger partial charge in [-0.2, -0.15) is 0 Å². The van der Waals surface area contributed by atoms with E-state index in [9.17, 15) is 0 Å². The molecule has 1 atom stereocenters. The maximum atomic E-state index is 4.94. The highest BCUT2D eigenvalue weighted by atomic mass is 15.4.